The lowest BCUT2D eigenvalue weighted by Crippen LogP contribution is -2.44. The first-order valence-electron chi connectivity index (χ1n) is 12.2. The summed E-state index contributed by atoms with van der Waals surface area (Å²) in [6.45, 7) is 3.91. The van der Waals surface area contributed by atoms with Crippen molar-refractivity contribution < 1.29 is 13.2 Å². The maximum Gasteiger partial charge on any atom is 0.229 e. The van der Waals surface area contributed by atoms with E-state index in [0.29, 0.717) is 39.5 Å². The van der Waals surface area contributed by atoms with Crippen LogP contribution in [0.15, 0.2) is 54.9 Å². The topological polar surface area (TPSA) is 125 Å². The molecule has 1 aliphatic heterocycles. The number of hydrogen-bond donors (Lipinski definition) is 3. The summed E-state index contributed by atoms with van der Waals surface area (Å²) in [5.74, 6) is 1.23. The largest absolute Gasteiger partial charge is 0.494 e. The van der Waals surface area contributed by atoms with Gasteiger partial charge < -0.3 is 25.2 Å². The molecule has 2 aromatic heterocycles. The van der Waals surface area contributed by atoms with Crippen LogP contribution in [-0.2, 0) is 10.0 Å². The van der Waals surface area contributed by atoms with E-state index in [4.69, 9.17) is 16.3 Å². The Labute approximate surface area is 232 Å². The lowest BCUT2D eigenvalue weighted by atomic mass is 10.1. The SMILES string of the molecule is COc1cc(N2CCN(C)CC2)ccc1Nc1ncc(Cl)c(Nc2ccc3ncccc3c2NS(C)(=O)=O)n1. The molecule has 0 spiro atoms. The number of methoxy groups -OCH3 is 1. The molecular formula is C26H29ClN8O3S. The fourth-order valence-corrected chi connectivity index (χ4v) is 5.09. The highest BCUT2D eigenvalue weighted by Gasteiger charge is 2.18. The van der Waals surface area contributed by atoms with Gasteiger partial charge in [0.05, 0.1) is 42.1 Å². The van der Waals surface area contributed by atoms with Crippen molar-refractivity contribution in [2.24, 2.45) is 0 Å². The van der Waals surface area contributed by atoms with Crippen LogP contribution in [0, 0.1) is 0 Å². The zero-order valence-electron chi connectivity index (χ0n) is 21.8. The molecular weight excluding hydrogens is 540 g/mol. The highest BCUT2D eigenvalue weighted by molar-refractivity contribution is 7.92. The Morgan fingerprint density at radius 1 is 1.00 bits per heavy atom. The second-order valence-electron chi connectivity index (χ2n) is 9.25. The van der Waals surface area contributed by atoms with Crippen LogP contribution in [0.3, 0.4) is 0 Å². The van der Waals surface area contributed by atoms with Gasteiger partial charge in [0, 0.05) is 49.5 Å². The number of aromatic nitrogens is 3. The summed E-state index contributed by atoms with van der Waals surface area (Å²) in [5, 5.41) is 7.23. The van der Waals surface area contributed by atoms with E-state index in [1.165, 1.54) is 6.20 Å². The van der Waals surface area contributed by atoms with Crippen molar-refractivity contribution in [3.05, 3.63) is 59.9 Å². The van der Waals surface area contributed by atoms with Gasteiger partial charge in [-0.15, -0.1) is 0 Å². The quantitative estimate of drug-likeness (QED) is 0.283. The van der Waals surface area contributed by atoms with Crippen LogP contribution in [0.2, 0.25) is 5.02 Å². The molecule has 11 nitrogen and oxygen atoms in total. The molecule has 4 aromatic rings. The zero-order valence-corrected chi connectivity index (χ0v) is 23.3. The minimum Gasteiger partial charge on any atom is -0.494 e. The molecule has 1 fully saturated rings. The maximum absolute atomic E-state index is 12.1. The summed E-state index contributed by atoms with van der Waals surface area (Å²) in [5.41, 5.74) is 3.22. The summed E-state index contributed by atoms with van der Waals surface area (Å²) in [6, 6.07) is 13.0. The standard InChI is InChI=1S/C26H29ClN8O3S/c1-34-11-13-35(14-12-34)17-6-7-21(23(15-17)38-2)31-26-29-16-19(27)25(32-26)30-22-9-8-20-18(5-4-10-28-20)24(22)33-39(3,36)37/h4-10,15-16,33H,11-14H2,1-3H3,(H2,29,30,31,32). The fourth-order valence-electron chi connectivity index (χ4n) is 4.36. The van der Waals surface area contributed by atoms with Gasteiger partial charge in [0.1, 0.15) is 10.8 Å². The van der Waals surface area contributed by atoms with Crippen LogP contribution in [0.25, 0.3) is 10.9 Å². The van der Waals surface area contributed by atoms with Gasteiger partial charge in [-0.1, -0.05) is 11.6 Å². The Balaban J connectivity index is 1.42. The molecule has 39 heavy (non-hydrogen) atoms. The maximum atomic E-state index is 12.1. The molecule has 1 saturated heterocycles. The summed E-state index contributed by atoms with van der Waals surface area (Å²) in [7, 11) is 0.165. The number of likely N-dealkylation sites (N-methyl/N-ethyl adjacent to an activating group) is 1. The second-order valence-corrected chi connectivity index (χ2v) is 11.4. The van der Waals surface area contributed by atoms with Gasteiger partial charge in [-0.25, -0.2) is 13.4 Å². The number of fused-ring (bicyclic) bond motifs is 1. The molecule has 3 N–H and O–H groups in total. The Bertz CT molecular complexity index is 1610. The normalized spacial score (nSPS) is 14.3. The Morgan fingerprint density at radius 3 is 2.51 bits per heavy atom. The molecule has 2 aromatic carbocycles. The number of sulfonamides is 1. The Hall–Kier alpha value is -3.87. The van der Waals surface area contributed by atoms with Gasteiger partial charge in [-0.05, 0) is 43.4 Å². The van der Waals surface area contributed by atoms with E-state index < -0.39 is 10.0 Å². The number of benzene rings is 2. The number of halogens is 1. The molecule has 1 aliphatic rings. The molecule has 3 heterocycles. The molecule has 13 heteroatoms. The van der Waals surface area contributed by atoms with Gasteiger partial charge in [-0.3, -0.25) is 9.71 Å². The molecule has 204 valence electrons. The van der Waals surface area contributed by atoms with Gasteiger partial charge in [0.2, 0.25) is 16.0 Å². The number of pyridine rings is 1. The first-order valence-corrected chi connectivity index (χ1v) is 14.5. The number of hydrogen-bond acceptors (Lipinski definition) is 10. The number of nitrogens with one attached hydrogen (secondary N) is 3. The molecule has 5 rings (SSSR count). The lowest BCUT2D eigenvalue weighted by molar-refractivity contribution is 0.312. The van der Waals surface area contributed by atoms with Crippen molar-refractivity contribution in [3.8, 4) is 5.75 Å². The molecule has 0 unspecified atom stereocenters. The smallest absolute Gasteiger partial charge is 0.229 e. The van der Waals surface area contributed by atoms with Crippen LogP contribution >= 0.6 is 11.6 Å². The van der Waals surface area contributed by atoms with Crippen LogP contribution < -0.4 is 25.0 Å². The number of rotatable bonds is 8. The van der Waals surface area contributed by atoms with Crippen molar-refractivity contribution >= 4 is 67.0 Å². The van der Waals surface area contributed by atoms with Crippen molar-refractivity contribution in [1.29, 1.82) is 0 Å². The molecule has 0 bridgehead atoms. The van der Waals surface area contributed by atoms with E-state index in [0.717, 1.165) is 38.1 Å². The number of ether oxygens (including phenoxy) is 1. The van der Waals surface area contributed by atoms with Gasteiger partial charge >= 0.3 is 0 Å². The predicted molar refractivity (Wildman–Crippen MR) is 157 cm³/mol. The molecule has 0 aliphatic carbocycles. The van der Waals surface area contributed by atoms with Gasteiger partial charge in [0.25, 0.3) is 0 Å². The van der Waals surface area contributed by atoms with Crippen molar-refractivity contribution in [3.63, 3.8) is 0 Å². The zero-order chi connectivity index (χ0) is 27.6. The Kier molecular flexibility index (Phi) is 7.60. The van der Waals surface area contributed by atoms with Crippen molar-refractivity contribution in [2.75, 3.05) is 66.8 Å². The average Bonchev–Trinajstić information content (AvgIpc) is 2.92. The lowest BCUT2D eigenvalue weighted by Gasteiger charge is -2.34. The van der Waals surface area contributed by atoms with E-state index in [9.17, 15) is 8.42 Å². The summed E-state index contributed by atoms with van der Waals surface area (Å²) < 4.78 is 32.5. The van der Waals surface area contributed by atoms with E-state index >= 15 is 0 Å². The monoisotopic (exact) mass is 568 g/mol. The predicted octanol–water partition coefficient (Wildman–Crippen LogP) is 4.30. The fraction of sp³-hybridized carbons (Fsp3) is 0.269. The summed E-state index contributed by atoms with van der Waals surface area (Å²) in [4.78, 5) is 17.8. The molecule has 0 saturated carbocycles. The van der Waals surface area contributed by atoms with E-state index in [1.54, 1.807) is 37.6 Å². The van der Waals surface area contributed by atoms with Gasteiger partial charge in [0.15, 0.2) is 5.82 Å². The summed E-state index contributed by atoms with van der Waals surface area (Å²) >= 11 is 6.43. The number of piperazine rings is 1. The van der Waals surface area contributed by atoms with Crippen molar-refractivity contribution in [2.45, 2.75) is 0 Å². The van der Waals surface area contributed by atoms with E-state index in [2.05, 4.69) is 47.2 Å². The molecule has 0 atom stereocenters. The molecule has 0 radical (unpaired) electrons. The number of anilines is 6. The van der Waals surface area contributed by atoms with Crippen LogP contribution in [0.4, 0.5) is 34.5 Å². The first kappa shape index (κ1) is 26.7. The second kappa shape index (κ2) is 11.1. The molecule has 0 amide bonds. The average molecular weight is 569 g/mol. The van der Waals surface area contributed by atoms with Gasteiger partial charge in [-0.2, -0.15) is 4.98 Å². The Morgan fingerprint density at radius 2 is 1.77 bits per heavy atom. The van der Waals surface area contributed by atoms with Crippen LogP contribution in [0.1, 0.15) is 0 Å². The third kappa shape index (κ3) is 6.24. The summed E-state index contributed by atoms with van der Waals surface area (Å²) in [6.07, 6.45) is 4.20. The number of nitrogens with zero attached hydrogens (tertiary/aromatic N) is 5. The van der Waals surface area contributed by atoms with Crippen LogP contribution in [0.5, 0.6) is 5.75 Å². The first-order chi connectivity index (χ1) is 18.7. The highest BCUT2D eigenvalue weighted by atomic mass is 35.5. The van der Waals surface area contributed by atoms with E-state index in [1.807, 2.05) is 18.2 Å². The highest BCUT2D eigenvalue weighted by Crippen LogP contribution is 2.36. The minimum atomic E-state index is -3.58. The minimum absolute atomic E-state index is 0.259. The van der Waals surface area contributed by atoms with E-state index in [-0.39, 0.29) is 11.0 Å². The van der Waals surface area contributed by atoms with Crippen molar-refractivity contribution in [1.82, 2.24) is 19.9 Å². The third-order valence-electron chi connectivity index (χ3n) is 6.37. The third-order valence-corrected chi connectivity index (χ3v) is 7.22. The van der Waals surface area contributed by atoms with Crippen LogP contribution in [-0.4, -0.2) is 74.9 Å².